The lowest BCUT2D eigenvalue weighted by Crippen LogP contribution is -2.43. The Labute approximate surface area is 89.7 Å². The third kappa shape index (κ3) is 1.73. The molecule has 0 aliphatic carbocycles. The predicted molar refractivity (Wildman–Crippen MR) is 46.5 cm³/mol. The summed E-state index contributed by atoms with van der Waals surface area (Å²) >= 11 is 0. The average molecular weight is 232 g/mol. The van der Waals surface area contributed by atoms with Gasteiger partial charge in [0.15, 0.2) is 0 Å². The molecule has 0 spiro atoms. The van der Waals surface area contributed by atoms with Crippen molar-refractivity contribution in [1.29, 1.82) is 0 Å². The second-order valence-electron chi connectivity index (χ2n) is 2.91. The molecule has 16 heavy (non-hydrogen) atoms. The molecule has 0 saturated carbocycles. The van der Waals surface area contributed by atoms with Gasteiger partial charge in [-0.05, 0) is 6.92 Å². The molecule has 1 aliphatic heterocycles. The topological polar surface area (TPSA) is 84.0 Å². The molecule has 0 aromatic rings. The van der Waals surface area contributed by atoms with Gasteiger partial charge in [0, 0.05) is 7.05 Å². The van der Waals surface area contributed by atoms with E-state index in [0.29, 0.717) is 4.90 Å². The van der Waals surface area contributed by atoms with E-state index >= 15 is 0 Å². The van der Waals surface area contributed by atoms with Crippen molar-refractivity contribution >= 4 is 23.8 Å². The van der Waals surface area contributed by atoms with E-state index in [9.17, 15) is 23.6 Å². The Kier molecular flexibility index (Phi) is 3.21. The molecule has 1 atom stereocenters. The fourth-order valence-electron chi connectivity index (χ4n) is 1.10. The number of alkyl halides is 1. The maximum atomic E-state index is 13.4. The molecule has 0 aromatic carbocycles. The number of carbonyl (C=O) groups is 4. The molecule has 0 aromatic heterocycles. The highest BCUT2D eigenvalue weighted by Gasteiger charge is 2.49. The van der Waals surface area contributed by atoms with Crippen molar-refractivity contribution in [2.45, 2.75) is 13.2 Å². The zero-order valence-corrected chi connectivity index (χ0v) is 8.60. The zero-order valence-electron chi connectivity index (χ0n) is 8.60. The highest BCUT2D eigenvalue weighted by Crippen LogP contribution is 2.15. The summed E-state index contributed by atoms with van der Waals surface area (Å²) in [7, 11) is 1.01. The van der Waals surface area contributed by atoms with Gasteiger partial charge in [0.25, 0.3) is 6.30 Å². The number of likely N-dealkylation sites (N-methyl/N-ethyl adjacent to an activating group) is 1. The minimum Gasteiger partial charge on any atom is -0.462 e. The van der Waals surface area contributed by atoms with E-state index in [0.717, 1.165) is 7.05 Å². The largest absolute Gasteiger partial charge is 0.462 e. The third-order valence-electron chi connectivity index (χ3n) is 1.91. The first-order chi connectivity index (χ1) is 7.41. The number of rotatable bonds is 3. The van der Waals surface area contributed by atoms with Gasteiger partial charge in [-0.25, -0.2) is 18.9 Å². The fourth-order valence-corrected chi connectivity index (χ4v) is 1.10. The molecular formula is C8H9FN2O5. The molecule has 1 heterocycles. The number of esters is 1. The number of hydrogen-bond donors (Lipinski definition) is 0. The lowest BCUT2D eigenvalue weighted by atomic mass is 10.5. The van der Waals surface area contributed by atoms with Gasteiger partial charge in [-0.3, -0.25) is 14.5 Å². The summed E-state index contributed by atoms with van der Waals surface area (Å²) in [5.74, 6) is -3.95. The molecule has 8 heteroatoms. The second-order valence-corrected chi connectivity index (χ2v) is 2.91. The van der Waals surface area contributed by atoms with E-state index in [1.807, 2.05) is 0 Å². The minimum atomic E-state index is -2.59. The summed E-state index contributed by atoms with van der Waals surface area (Å²) in [6.45, 7) is 1.34. The molecule has 1 fully saturated rings. The molecule has 0 N–H and O–H groups in total. The van der Waals surface area contributed by atoms with Crippen LogP contribution in [0.1, 0.15) is 6.92 Å². The average Bonchev–Trinajstić information content (AvgIpc) is 2.43. The van der Waals surface area contributed by atoms with Crippen LogP contribution in [0.25, 0.3) is 0 Å². The van der Waals surface area contributed by atoms with Gasteiger partial charge < -0.3 is 4.74 Å². The summed E-state index contributed by atoms with van der Waals surface area (Å²) in [4.78, 5) is 44.7. The van der Waals surface area contributed by atoms with Crippen LogP contribution in [0.5, 0.6) is 0 Å². The number of amides is 4. The van der Waals surface area contributed by atoms with Gasteiger partial charge in [0.2, 0.25) is 0 Å². The smallest absolute Gasteiger partial charge is 0.362 e. The number of nitrogens with zero attached hydrogens (tertiary/aromatic N) is 2. The Bertz CT molecular complexity index is 369. The van der Waals surface area contributed by atoms with Gasteiger partial charge in [0.1, 0.15) is 0 Å². The highest BCUT2D eigenvalue weighted by molar-refractivity contribution is 6.44. The standard InChI is InChI=1S/C8H9FN2O5/c1-3-16-7(14)4(9)11-6(13)5(12)10(2)8(11)15/h4H,3H2,1-2H3. The summed E-state index contributed by atoms with van der Waals surface area (Å²) < 4.78 is 17.7. The van der Waals surface area contributed by atoms with E-state index in [2.05, 4.69) is 4.74 Å². The normalized spacial score (nSPS) is 18.1. The zero-order chi connectivity index (χ0) is 12.5. The van der Waals surface area contributed by atoms with Crippen molar-refractivity contribution in [3.05, 3.63) is 0 Å². The minimum absolute atomic E-state index is 0.0691. The molecule has 7 nitrogen and oxygen atoms in total. The Balaban J connectivity index is 2.89. The third-order valence-corrected chi connectivity index (χ3v) is 1.91. The number of hydrogen-bond acceptors (Lipinski definition) is 5. The van der Waals surface area contributed by atoms with Crippen LogP contribution >= 0.6 is 0 Å². The van der Waals surface area contributed by atoms with Crippen molar-refractivity contribution in [3.63, 3.8) is 0 Å². The Hall–Kier alpha value is -1.99. The molecule has 1 unspecified atom stereocenters. The van der Waals surface area contributed by atoms with Crippen molar-refractivity contribution in [2.24, 2.45) is 0 Å². The summed E-state index contributed by atoms with van der Waals surface area (Å²) in [5, 5.41) is 0. The van der Waals surface area contributed by atoms with Crippen LogP contribution in [0, 0.1) is 0 Å². The molecule has 0 bridgehead atoms. The number of halogens is 1. The quantitative estimate of drug-likeness (QED) is 0.277. The van der Waals surface area contributed by atoms with Crippen LogP contribution in [0.4, 0.5) is 9.18 Å². The predicted octanol–water partition coefficient (Wildman–Crippen LogP) is -0.734. The van der Waals surface area contributed by atoms with E-state index in [1.54, 1.807) is 0 Å². The fraction of sp³-hybridized carbons (Fsp3) is 0.500. The molecule has 1 rings (SSSR count). The SMILES string of the molecule is CCOC(=O)C(F)N1C(=O)C(=O)N(C)C1=O. The van der Waals surface area contributed by atoms with Gasteiger partial charge >= 0.3 is 23.8 Å². The number of ether oxygens (including phenoxy) is 1. The first-order valence-corrected chi connectivity index (χ1v) is 4.37. The lowest BCUT2D eigenvalue weighted by molar-refractivity contribution is -0.159. The van der Waals surface area contributed by atoms with Gasteiger partial charge in [-0.1, -0.05) is 0 Å². The molecular weight excluding hydrogens is 223 g/mol. The lowest BCUT2D eigenvalue weighted by Gasteiger charge is -2.15. The number of carbonyl (C=O) groups excluding carboxylic acids is 4. The van der Waals surface area contributed by atoms with Gasteiger partial charge in [-0.15, -0.1) is 0 Å². The molecule has 88 valence electrons. The van der Waals surface area contributed by atoms with E-state index in [1.165, 1.54) is 6.92 Å². The van der Waals surface area contributed by atoms with Crippen molar-refractivity contribution in [1.82, 2.24) is 9.80 Å². The van der Waals surface area contributed by atoms with Gasteiger partial charge in [0.05, 0.1) is 6.61 Å². The van der Waals surface area contributed by atoms with Crippen molar-refractivity contribution in [2.75, 3.05) is 13.7 Å². The van der Waals surface area contributed by atoms with Crippen molar-refractivity contribution in [3.8, 4) is 0 Å². The first-order valence-electron chi connectivity index (χ1n) is 4.37. The number of urea groups is 1. The monoisotopic (exact) mass is 232 g/mol. The number of imide groups is 2. The first kappa shape index (κ1) is 12.1. The van der Waals surface area contributed by atoms with E-state index < -0.39 is 30.1 Å². The maximum absolute atomic E-state index is 13.4. The van der Waals surface area contributed by atoms with Crippen LogP contribution in [-0.2, 0) is 19.1 Å². The summed E-state index contributed by atoms with van der Waals surface area (Å²) in [6, 6.07) is -1.18. The molecule has 1 saturated heterocycles. The van der Waals surface area contributed by atoms with Crippen LogP contribution in [0.3, 0.4) is 0 Å². The maximum Gasteiger partial charge on any atom is 0.362 e. The highest BCUT2D eigenvalue weighted by atomic mass is 19.1. The van der Waals surface area contributed by atoms with Crippen LogP contribution in [0.2, 0.25) is 0 Å². The van der Waals surface area contributed by atoms with E-state index in [4.69, 9.17) is 0 Å². The van der Waals surface area contributed by atoms with Crippen LogP contribution in [0.15, 0.2) is 0 Å². The Morgan fingerprint density at radius 1 is 1.38 bits per heavy atom. The molecule has 1 aliphatic rings. The van der Waals surface area contributed by atoms with Crippen molar-refractivity contribution < 1.29 is 28.3 Å². The second kappa shape index (κ2) is 4.25. The summed E-state index contributed by atoms with van der Waals surface area (Å²) in [6.07, 6.45) is -2.59. The Morgan fingerprint density at radius 3 is 2.31 bits per heavy atom. The Morgan fingerprint density at radius 2 is 1.94 bits per heavy atom. The molecule has 0 radical (unpaired) electrons. The van der Waals surface area contributed by atoms with Gasteiger partial charge in [-0.2, -0.15) is 0 Å². The van der Waals surface area contributed by atoms with Crippen LogP contribution in [-0.4, -0.2) is 53.6 Å². The van der Waals surface area contributed by atoms with E-state index in [-0.39, 0.29) is 11.5 Å². The van der Waals surface area contributed by atoms with Crippen LogP contribution < -0.4 is 0 Å². The molecule has 4 amide bonds. The summed E-state index contributed by atoms with van der Waals surface area (Å²) in [5.41, 5.74) is 0.